The zero-order valence-corrected chi connectivity index (χ0v) is 14.1. The largest absolute Gasteiger partial charge is 0.487 e. The van der Waals surface area contributed by atoms with Gasteiger partial charge in [-0.1, -0.05) is 18.2 Å². The van der Waals surface area contributed by atoms with Crippen molar-refractivity contribution in [2.24, 2.45) is 0 Å². The lowest BCUT2D eigenvalue weighted by Gasteiger charge is -2.18. The highest BCUT2D eigenvalue weighted by Gasteiger charge is 2.31. The molecule has 3 rings (SSSR count). The van der Waals surface area contributed by atoms with Crippen molar-refractivity contribution in [2.75, 3.05) is 5.73 Å². The van der Waals surface area contributed by atoms with E-state index in [0.29, 0.717) is 6.54 Å². The van der Waals surface area contributed by atoms with Crippen molar-refractivity contribution in [1.82, 2.24) is 9.78 Å². The zero-order valence-electron chi connectivity index (χ0n) is 11.9. The molecule has 0 fully saturated rings. The summed E-state index contributed by atoms with van der Waals surface area (Å²) in [4.78, 5) is 0. The number of hydrogen-bond donors (Lipinski definition) is 1. The summed E-state index contributed by atoms with van der Waals surface area (Å²) in [5.41, 5.74) is 9.35. The molecule has 0 saturated carbocycles. The van der Waals surface area contributed by atoms with E-state index < -0.39 is 0 Å². The molecule has 106 valence electrons. The Morgan fingerprint density at radius 3 is 2.85 bits per heavy atom. The van der Waals surface area contributed by atoms with Crippen molar-refractivity contribution in [3.05, 3.63) is 38.6 Å². The molecule has 0 unspecified atom stereocenters. The van der Waals surface area contributed by atoms with E-state index in [4.69, 9.17) is 10.5 Å². The zero-order chi connectivity index (χ0) is 14.5. The highest BCUT2D eigenvalue weighted by molar-refractivity contribution is 14.1. The fraction of sp³-hybridized carbons (Fsp3) is 0.400. The molecule has 2 N–H and O–H groups in total. The summed E-state index contributed by atoms with van der Waals surface area (Å²) in [7, 11) is 0. The van der Waals surface area contributed by atoms with Gasteiger partial charge in [0.15, 0.2) is 0 Å². The number of ether oxygens (including phenoxy) is 1. The van der Waals surface area contributed by atoms with Crippen LogP contribution >= 0.6 is 22.6 Å². The number of aryl methyl sites for hydroxylation is 1. The lowest BCUT2D eigenvalue weighted by Crippen LogP contribution is -2.25. The summed E-state index contributed by atoms with van der Waals surface area (Å²) < 4.78 is 8.96. The topological polar surface area (TPSA) is 53.1 Å². The molecule has 0 bridgehead atoms. The standard InChI is InChI=1S/C15H18IN3O/c1-9-12(16)14(17)19(18-9)8-11-6-4-5-10-7-15(2,3)20-13(10)11/h4-6H,7-8,17H2,1-3H3. The smallest absolute Gasteiger partial charge is 0.135 e. The van der Waals surface area contributed by atoms with Crippen LogP contribution in [0.15, 0.2) is 18.2 Å². The maximum atomic E-state index is 6.10. The van der Waals surface area contributed by atoms with Crippen LogP contribution in [0.25, 0.3) is 0 Å². The molecule has 0 saturated heterocycles. The van der Waals surface area contributed by atoms with Gasteiger partial charge in [0, 0.05) is 12.0 Å². The highest BCUT2D eigenvalue weighted by atomic mass is 127. The first-order valence-corrected chi connectivity index (χ1v) is 7.73. The summed E-state index contributed by atoms with van der Waals surface area (Å²) >= 11 is 2.24. The Morgan fingerprint density at radius 2 is 2.20 bits per heavy atom. The van der Waals surface area contributed by atoms with Crippen molar-refractivity contribution in [3.63, 3.8) is 0 Å². The van der Waals surface area contributed by atoms with Crippen molar-refractivity contribution >= 4 is 28.4 Å². The average molecular weight is 383 g/mol. The predicted molar refractivity (Wildman–Crippen MR) is 88.0 cm³/mol. The number of para-hydroxylation sites is 1. The van der Waals surface area contributed by atoms with Gasteiger partial charge in [-0.3, -0.25) is 0 Å². The molecule has 0 spiro atoms. The third-order valence-electron chi connectivity index (χ3n) is 3.58. The van der Waals surface area contributed by atoms with E-state index >= 15 is 0 Å². The number of halogens is 1. The predicted octanol–water partition coefficient (Wildman–Crippen LogP) is 3.14. The molecule has 1 aliphatic heterocycles. The first kappa shape index (κ1) is 13.7. The number of benzene rings is 1. The Morgan fingerprint density at radius 1 is 1.45 bits per heavy atom. The Labute approximate surface area is 132 Å². The van der Waals surface area contributed by atoms with Gasteiger partial charge in [-0.25, -0.2) is 4.68 Å². The molecule has 5 heteroatoms. The Balaban J connectivity index is 1.97. The van der Waals surface area contributed by atoms with Gasteiger partial charge in [-0.15, -0.1) is 0 Å². The lowest BCUT2D eigenvalue weighted by molar-refractivity contribution is 0.137. The van der Waals surface area contributed by atoms with Crippen molar-refractivity contribution < 1.29 is 4.74 Å². The SMILES string of the molecule is Cc1nn(Cc2cccc3c2OC(C)(C)C3)c(N)c1I. The van der Waals surface area contributed by atoms with Gasteiger partial charge in [0.2, 0.25) is 0 Å². The summed E-state index contributed by atoms with van der Waals surface area (Å²) in [6.07, 6.45) is 0.946. The molecule has 0 amide bonds. The van der Waals surface area contributed by atoms with Gasteiger partial charge in [0.05, 0.1) is 15.8 Å². The molecule has 1 aromatic heterocycles. The second kappa shape index (κ2) is 4.65. The minimum Gasteiger partial charge on any atom is -0.487 e. The van der Waals surface area contributed by atoms with E-state index in [1.54, 1.807) is 0 Å². The number of rotatable bonds is 2. The minimum atomic E-state index is -0.127. The maximum absolute atomic E-state index is 6.10. The number of fused-ring (bicyclic) bond motifs is 1. The van der Waals surface area contributed by atoms with Crippen LogP contribution in [0.2, 0.25) is 0 Å². The number of aromatic nitrogens is 2. The first-order chi connectivity index (χ1) is 9.37. The molecule has 0 radical (unpaired) electrons. The lowest BCUT2D eigenvalue weighted by atomic mass is 10.0. The van der Waals surface area contributed by atoms with Crippen LogP contribution in [0.3, 0.4) is 0 Å². The second-order valence-electron chi connectivity index (χ2n) is 5.89. The Bertz CT molecular complexity index is 676. The summed E-state index contributed by atoms with van der Waals surface area (Å²) in [5, 5.41) is 4.50. The Hall–Kier alpha value is -1.24. The van der Waals surface area contributed by atoms with Crippen molar-refractivity contribution in [3.8, 4) is 5.75 Å². The summed E-state index contributed by atoms with van der Waals surface area (Å²) in [5.74, 6) is 1.72. The minimum absolute atomic E-state index is 0.127. The monoisotopic (exact) mass is 383 g/mol. The Kier molecular flexibility index (Phi) is 3.19. The summed E-state index contributed by atoms with van der Waals surface area (Å²) in [6.45, 7) is 6.86. The molecular formula is C15H18IN3O. The summed E-state index contributed by atoms with van der Waals surface area (Å²) in [6, 6.07) is 6.30. The van der Waals surface area contributed by atoms with Crippen LogP contribution < -0.4 is 10.5 Å². The van der Waals surface area contributed by atoms with E-state index in [1.165, 1.54) is 5.56 Å². The van der Waals surface area contributed by atoms with E-state index in [1.807, 2.05) is 11.6 Å². The van der Waals surface area contributed by atoms with Crippen LogP contribution in [0.5, 0.6) is 5.75 Å². The van der Waals surface area contributed by atoms with Gasteiger partial charge in [-0.05, 0) is 48.9 Å². The molecule has 1 aromatic carbocycles. The van der Waals surface area contributed by atoms with Gasteiger partial charge in [-0.2, -0.15) is 5.10 Å². The van der Waals surface area contributed by atoms with Crippen LogP contribution in [0, 0.1) is 10.5 Å². The van der Waals surface area contributed by atoms with Crippen LogP contribution in [-0.2, 0) is 13.0 Å². The van der Waals surface area contributed by atoms with E-state index in [2.05, 4.69) is 59.7 Å². The third-order valence-corrected chi connectivity index (χ3v) is 4.92. The highest BCUT2D eigenvalue weighted by Crippen LogP contribution is 2.38. The van der Waals surface area contributed by atoms with Crippen LogP contribution in [0.1, 0.15) is 30.7 Å². The second-order valence-corrected chi connectivity index (χ2v) is 6.96. The average Bonchev–Trinajstić information content (AvgIpc) is 2.81. The van der Waals surface area contributed by atoms with E-state index in [9.17, 15) is 0 Å². The molecular weight excluding hydrogens is 365 g/mol. The van der Waals surface area contributed by atoms with E-state index in [-0.39, 0.29) is 5.60 Å². The number of anilines is 1. The molecule has 2 aromatic rings. The fourth-order valence-electron chi connectivity index (χ4n) is 2.66. The van der Waals surface area contributed by atoms with Crippen molar-refractivity contribution in [1.29, 1.82) is 0 Å². The fourth-order valence-corrected chi connectivity index (χ4v) is 3.05. The number of nitrogens with zero attached hydrogens (tertiary/aromatic N) is 2. The third kappa shape index (κ3) is 2.28. The number of nitrogens with two attached hydrogens (primary N) is 1. The number of hydrogen-bond acceptors (Lipinski definition) is 3. The molecule has 2 heterocycles. The number of nitrogen functional groups attached to an aromatic ring is 1. The molecule has 0 atom stereocenters. The van der Waals surface area contributed by atoms with E-state index in [0.717, 1.165) is 32.8 Å². The normalized spacial score (nSPS) is 16.0. The maximum Gasteiger partial charge on any atom is 0.135 e. The van der Waals surface area contributed by atoms with Gasteiger partial charge in [0.1, 0.15) is 17.2 Å². The van der Waals surface area contributed by atoms with Gasteiger partial charge >= 0.3 is 0 Å². The van der Waals surface area contributed by atoms with Gasteiger partial charge in [0.25, 0.3) is 0 Å². The molecule has 1 aliphatic rings. The molecule has 4 nitrogen and oxygen atoms in total. The van der Waals surface area contributed by atoms with Crippen molar-refractivity contribution in [2.45, 2.75) is 39.3 Å². The first-order valence-electron chi connectivity index (χ1n) is 6.65. The molecule has 0 aliphatic carbocycles. The quantitative estimate of drug-likeness (QED) is 0.811. The van der Waals surface area contributed by atoms with Gasteiger partial charge < -0.3 is 10.5 Å². The molecule has 20 heavy (non-hydrogen) atoms. The van der Waals surface area contributed by atoms with Crippen LogP contribution in [0.4, 0.5) is 5.82 Å². The van der Waals surface area contributed by atoms with Crippen LogP contribution in [-0.4, -0.2) is 15.4 Å².